The fraction of sp³-hybridized carbons (Fsp3) is 0.0213. The molecule has 1 aliphatic heterocycles. The molecule has 5 nitrogen and oxygen atoms in total. The van der Waals surface area contributed by atoms with Gasteiger partial charge in [-0.05, 0) is 63.0 Å². The van der Waals surface area contributed by atoms with Gasteiger partial charge in [0.15, 0.2) is 5.84 Å². The van der Waals surface area contributed by atoms with Crippen LogP contribution in [0.3, 0.4) is 0 Å². The third kappa shape index (κ3) is 4.49. The van der Waals surface area contributed by atoms with Gasteiger partial charge in [0.25, 0.3) is 0 Å². The summed E-state index contributed by atoms with van der Waals surface area (Å²) < 4.78 is 13.1. The molecule has 244 valence electrons. The number of para-hydroxylation sites is 2. The largest absolute Gasteiger partial charge is 0.456 e. The minimum Gasteiger partial charge on any atom is -0.456 e. The van der Waals surface area contributed by atoms with E-state index in [4.69, 9.17) is 18.8 Å². The molecule has 0 bridgehead atoms. The third-order valence-electron chi connectivity index (χ3n) is 10.3. The summed E-state index contributed by atoms with van der Waals surface area (Å²) >= 11 is 0. The van der Waals surface area contributed by atoms with E-state index in [-0.39, 0.29) is 6.17 Å². The highest BCUT2D eigenvalue weighted by atomic mass is 16.3. The molecular formula is C47H29N3O2. The van der Waals surface area contributed by atoms with Crippen molar-refractivity contribution in [3.8, 4) is 11.1 Å². The molecule has 52 heavy (non-hydrogen) atoms. The van der Waals surface area contributed by atoms with Gasteiger partial charge in [0.1, 0.15) is 34.3 Å². The van der Waals surface area contributed by atoms with Crippen LogP contribution in [0.5, 0.6) is 0 Å². The summed E-state index contributed by atoms with van der Waals surface area (Å²) in [5, 5.41) is 12.6. The van der Waals surface area contributed by atoms with E-state index in [1.54, 1.807) is 0 Å². The molecule has 0 aliphatic carbocycles. The lowest BCUT2D eigenvalue weighted by Crippen LogP contribution is -2.33. The Balaban J connectivity index is 1.14. The number of benzene rings is 8. The van der Waals surface area contributed by atoms with Crippen LogP contribution in [0.25, 0.3) is 76.5 Å². The summed E-state index contributed by atoms with van der Waals surface area (Å²) in [6, 6.07) is 56.8. The number of hydrogen-bond acceptors (Lipinski definition) is 5. The summed E-state index contributed by atoms with van der Waals surface area (Å²) in [4.78, 5) is 10.5. The van der Waals surface area contributed by atoms with Crippen LogP contribution in [0.1, 0.15) is 22.9 Å². The van der Waals surface area contributed by atoms with E-state index >= 15 is 0 Å². The van der Waals surface area contributed by atoms with Crippen molar-refractivity contribution in [1.82, 2.24) is 5.32 Å². The van der Waals surface area contributed by atoms with Crippen molar-refractivity contribution >= 4 is 77.1 Å². The molecule has 1 N–H and O–H groups in total. The van der Waals surface area contributed by atoms with Crippen LogP contribution >= 0.6 is 0 Å². The van der Waals surface area contributed by atoms with Crippen molar-refractivity contribution < 1.29 is 8.83 Å². The maximum Gasteiger partial charge on any atom is 0.159 e. The Kier molecular flexibility index (Phi) is 6.25. The molecule has 2 aromatic heterocycles. The number of furan rings is 2. The Bertz CT molecular complexity index is 3130. The van der Waals surface area contributed by atoms with E-state index in [0.29, 0.717) is 5.84 Å². The summed E-state index contributed by atoms with van der Waals surface area (Å²) in [6.45, 7) is 0. The van der Waals surface area contributed by atoms with Gasteiger partial charge in [0.05, 0.1) is 0 Å². The molecule has 5 heteroatoms. The van der Waals surface area contributed by atoms with Crippen LogP contribution in [-0.2, 0) is 0 Å². The molecule has 0 saturated carbocycles. The Labute approximate surface area is 298 Å². The van der Waals surface area contributed by atoms with Gasteiger partial charge in [0.2, 0.25) is 0 Å². The molecule has 10 aromatic rings. The Morgan fingerprint density at radius 3 is 1.90 bits per heavy atom. The summed E-state index contributed by atoms with van der Waals surface area (Å²) in [5.41, 5.74) is 8.35. The van der Waals surface area contributed by atoms with E-state index in [9.17, 15) is 0 Å². The van der Waals surface area contributed by atoms with Gasteiger partial charge in [-0.3, -0.25) is 0 Å². The average molecular weight is 668 g/mol. The molecule has 1 atom stereocenters. The molecule has 1 unspecified atom stereocenters. The van der Waals surface area contributed by atoms with Crippen molar-refractivity contribution in [2.45, 2.75) is 6.17 Å². The number of hydrogen-bond donors (Lipinski definition) is 1. The van der Waals surface area contributed by atoms with E-state index in [2.05, 4.69) is 139 Å². The second-order valence-corrected chi connectivity index (χ2v) is 13.4. The zero-order chi connectivity index (χ0) is 34.2. The molecule has 8 aromatic carbocycles. The lowest BCUT2D eigenvalue weighted by molar-refractivity contribution is 0.667. The lowest BCUT2D eigenvalue weighted by atomic mass is 9.95. The molecule has 3 heterocycles. The van der Waals surface area contributed by atoms with Gasteiger partial charge in [-0.15, -0.1) is 0 Å². The Morgan fingerprint density at radius 1 is 0.462 bits per heavy atom. The van der Waals surface area contributed by atoms with E-state index in [1.807, 2.05) is 30.3 Å². The van der Waals surface area contributed by atoms with Crippen molar-refractivity contribution in [3.05, 3.63) is 180 Å². The second-order valence-electron chi connectivity index (χ2n) is 13.4. The zero-order valence-corrected chi connectivity index (χ0v) is 27.9. The quantitative estimate of drug-likeness (QED) is 0.203. The minimum absolute atomic E-state index is 0.365. The molecule has 0 radical (unpaired) electrons. The van der Waals surface area contributed by atoms with Crippen molar-refractivity contribution in [2.75, 3.05) is 0 Å². The average Bonchev–Trinajstić information content (AvgIpc) is 3.79. The van der Waals surface area contributed by atoms with Crippen LogP contribution < -0.4 is 5.32 Å². The number of fused-ring (bicyclic) bond motifs is 8. The highest BCUT2D eigenvalue weighted by Gasteiger charge is 2.26. The van der Waals surface area contributed by atoms with Gasteiger partial charge in [-0.2, -0.15) is 0 Å². The van der Waals surface area contributed by atoms with Gasteiger partial charge in [-0.1, -0.05) is 133 Å². The second kappa shape index (κ2) is 11.3. The first-order valence-electron chi connectivity index (χ1n) is 17.5. The SMILES string of the molecule is c1ccc2cc(C3=NC(c4ccc5ccccc5c4)NC(c4cccc5oc6cccc(-c7cccc8c7oc7ccccc78)c6c45)=N3)ccc2c1. The van der Waals surface area contributed by atoms with Crippen LogP contribution in [-0.4, -0.2) is 11.7 Å². The minimum atomic E-state index is -0.365. The van der Waals surface area contributed by atoms with Crippen LogP contribution in [0, 0.1) is 0 Å². The predicted molar refractivity (Wildman–Crippen MR) is 213 cm³/mol. The van der Waals surface area contributed by atoms with Crippen LogP contribution in [0.15, 0.2) is 183 Å². The molecule has 1 aliphatic rings. The highest BCUT2D eigenvalue weighted by Crippen LogP contribution is 2.43. The van der Waals surface area contributed by atoms with E-state index in [0.717, 1.165) is 82.9 Å². The van der Waals surface area contributed by atoms with E-state index < -0.39 is 0 Å². The molecular weight excluding hydrogens is 639 g/mol. The first-order valence-corrected chi connectivity index (χ1v) is 17.5. The Hall–Kier alpha value is -6.98. The maximum atomic E-state index is 6.59. The fourth-order valence-corrected chi connectivity index (χ4v) is 7.84. The smallest absolute Gasteiger partial charge is 0.159 e. The Morgan fingerprint density at radius 2 is 1.08 bits per heavy atom. The molecule has 0 saturated heterocycles. The highest BCUT2D eigenvalue weighted by molar-refractivity contribution is 6.25. The number of nitrogens with zero attached hydrogens (tertiary/aromatic N) is 2. The van der Waals surface area contributed by atoms with Crippen molar-refractivity contribution in [3.63, 3.8) is 0 Å². The summed E-state index contributed by atoms with van der Waals surface area (Å²) in [5.74, 6) is 1.41. The number of nitrogens with one attached hydrogen (secondary N) is 1. The topological polar surface area (TPSA) is 63.0 Å². The number of aliphatic imine (C=N–C) groups is 2. The molecule has 0 fully saturated rings. The monoisotopic (exact) mass is 667 g/mol. The maximum absolute atomic E-state index is 6.59. The van der Waals surface area contributed by atoms with Crippen molar-refractivity contribution in [2.24, 2.45) is 9.98 Å². The zero-order valence-electron chi connectivity index (χ0n) is 27.9. The van der Waals surface area contributed by atoms with E-state index in [1.165, 1.54) is 16.2 Å². The first-order chi connectivity index (χ1) is 25.7. The standard InChI is InChI=1S/C47H29N3O2/c1-3-12-30-26-32(24-22-28(30)10-1)45-48-46(33-25-23-29-11-2-4-13-31(29)27-33)50-47(49-45)38-18-9-21-41-43(38)42-35(15-8-20-40(42)51-41)37-17-7-16-36-34-14-5-6-19-39(34)52-44(36)37/h1-27,45H,(H,48,49,50). The molecule has 11 rings (SSSR count). The predicted octanol–water partition coefficient (Wildman–Crippen LogP) is 12.0. The van der Waals surface area contributed by atoms with Gasteiger partial charge < -0.3 is 14.2 Å². The third-order valence-corrected chi connectivity index (χ3v) is 10.3. The summed E-state index contributed by atoms with van der Waals surface area (Å²) in [6.07, 6.45) is -0.365. The molecule has 0 spiro atoms. The normalized spacial score (nSPS) is 14.7. The number of rotatable bonds is 4. The fourth-order valence-electron chi connectivity index (χ4n) is 7.84. The summed E-state index contributed by atoms with van der Waals surface area (Å²) in [7, 11) is 0. The number of amidine groups is 2. The first kappa shape index (κ1) is 28.8. The molecule has 0 amide bonds. The van der Waals surface area contributed by atoms with Crippen molar-refractivity contribution in [1.29, 1.82) is 0 Å². The lowest BCUT2D eigenvalue weighted by Gasteiger charge is -2.24. The van der Waals surface area contributed by atoms with Gasteiger partial charge in [0, 0.05) is 38.2 Å². The van der Waals surface area contributed by atoms with Gasteiger partial charge in [-0.25, -0.2) is 9.98 Å². The van der Waals surface area contributed by atoms with Crippen LogP contribution in [0.2, 0.25) is 0 Å². The van der Waals surface area contributed by atoms with Gasteiger partial charge >= 0.3 is 0 Å². The van der Waals surface area contributed by atoms with Crippen LogP contribution in [0.4, 0.5) is 0 Å².